The normalized spacial score (nSPS) is 9.65. The second-order valence-corrected chi connectivity index (χ2v) is 4.67. The Bertz CT molecular complexity index is 679. The van der Waals surface area contributed by atoms with Crippen molar-refractivity contribution in [2.45, 2.75) is 0 Å². The molecule has 0 heterocycles. The summed E-state index contributed by atoms with van der Waals surface area (Å²) in [5.41, 5.74) is 4.88. The third-order valence-electron chi connectivity index (χ3n) is 2.95. The molecule has 0 atom stereocenters. The zero-order chi connectivity index (χ0) is 19.7. The predicted molar refractivity (Wildman–Crippen MR) is 87.1 cm³/mol. The van der Waals surface area contributed by atoms with E-state index in [1.807, 2.05) is 0 Å². The van der Waals surface area contributed by atoms with Crippen LogP contribution in [-0.2, 0) is 14.3 Å². The number of nitrogens with two attached hydrogens (primary N) is 1. The van der Waals surface area contributed by atoms with Gasteiger partial charge in [-0.25, -0.2) is 4.79 Å². The third kappa shape index (κ3) is 5.85. The van der Waals surface area contributed by atoms with E-state index < -0.39 is 37.0 Å². The maximum Gasteiger partial charge on any atom is 0.325 e. The van der Waals surface area contributed by atoms with Crippen molar-refractivity contribution in [1.82, 2.24) is 10.6 Å². The minimum atomic E-state index is -1.07. The van der Waals surface area contributed by atoms with Crippen LogP contribution < -0.4 is 30.6 Å². The van der Waals surface area contributed by atoms with Crippen LogP contribution in [0, 0.1) is 0 Å². The highest BCUT2D eigenvalue weighted by Crippen LogP contribution is 2.38. The molecule has 11 nitrogen and oxygen atoms in total. The lowest BCUT2D eigenvalue weighted by molar-refractivity contribution is -0.147. The lowest BCUT2D eigenvalue weighted by Gasteiger charge is -2.14. The Balaban J connectivity index is 2.66. The maximum atomic E-state index is 12.2. The highest BCUT2D eigenvalue weighted by Gasteiger charge is 2.18. The number of hydrogen-bond donors (Lipinski definition) is 3. The number of hydrogen-bond acceptors (Lipinski definition) is 8. The number of amides is 4. The minimum absolute atomic E-state index is 0.152. The SMILES string of the molecule is COc1cc(C(=O)NCC(=O)OCC(=O)NC(N)=O)cc(OC)c1OC. The van der Waals surface area contributed by atoms with Crippen LogP contribution in [0.3, 0.4) is 0 Å². The lowest BCUT2D eigenvalue weighted by Crippen LogP contribution is -2.39. The van der Waals surface area contributed by atoms with Gasteiger partial charge in [0.1, 0.15) is 6.54 Å². The zero-order valence-electron chi connectivity index (χ0n) is 14.4. The van der Waals surface area contributed by atoms with Crippen molar-refractivity contribution < 1.29 is 38.1 Å². The first-order chi connectivity index (χ1) is 12.3. The van der Waals surface area contributed by atoms with E-state index in [4.69, 9.17) is 19.9 Å². The van der Waals surface area contributed by atoms with Crippen LogP contribution in [-0.4, -0.2) is 58.3 Å². The van der Waals surface area contributed by atoms with Crippen molar-refractivity contribution in [3.63, 3.8) is 0 Å². The number of rotatable bonds is 8. The number of esters is 1. The van der Waals surface area contributed by atoms with Crippen LogP contribution in [0.4, 0.5) is 4.79 Å². The van der Waals surface area contributed by atoms with E-state index >= 15 is 0 Å². The van der Waals surface area contributed by atoms with Gasteiger partial charge in [0.05, 0.1) is 21.3 Å². The number of carbonyl (C=O) groups excluding carboxylic acids is 4. The zero-order valence-corrected chi connectivity index (χ0v) is 14.4. The monoisotopic (exact) mass is 369 g/mol. The fraction of sp³-hybridized carbons (Fsp3) is 0.333. The van der Waals surface area contributed by atoms with Crippen LogP contribution in [0.15, 0.2) is 12.1 Å². The molecule has 0 fully saturated rings. The van der Waals surface area contributed by atoms with Gasteiger partial charge in [-0.3, -0.25) is 19.7 Å². The molecule has 0 aliphatic carbocycles. The molecule has 0 radical (unpaired) electrons. The Morgan fingerprint density at radius 2 is 1.58 bits per heavy atom. The van der Waals surface area contributed by atoms with Gasteiger partial charge in [0.25, 0.3) is 11.8 Å². The van der Waals surface area contributed by atoms with Gasteiger partial charge in [-0.15, -0.1) is 0 Å². The van der Waals surface area contributed by atoms with Crippen LogP contribution >= 0.6 is 0 Å². The van der Waals surface area contributed by atoms with Crippen molar-refractivity contribution in [3.05, 3.63) is 17.7 Å². The molecule has 0 aliphatic rings. The average molecular weight is 369 g/mol. The first-order valence-electron chi connectivity index (χ1n) is 7.15. The van der Waals surface area contributed by atoms with Gasteiger partial charge < -0.3 is 30.0 Å². The second-order valence-electron chi connectivity index (χ2n) is 4.67. The van der Waals surface area contributed by atoms with E-state index in [2.05, 4.69) is 10.1 Å². The Hall–Kier alpha value is -3.50. The summed E-state index contributed by atoms with van der Waals surface area (Å²) < 4.78 is 20.0. The highest BCUT2D eigenvalue weighted by molar-refractivity contribution is 5.98. The van der Waals surface area contributed by atoms with Crippen LogP contribution in [0.25, 0.3) is 0 Å². The summed E-state index contributed by atoms with van der Waals surface area (Å²) in [4.78, 5) is 45.2. The number of nitrogens with one attached hydrogen (secondary N) is 2. The number of imide groups is 1. The first-order valence-corrected chi connectivity index (χ1v) is 7.15. The van der Waals surface area contributed by atoms with Crippen molar-refractivity contribution >= 4 is 23.8 Å². The topological polar surface area (TPSA) is 155 Å². The molecule has 4 amide bonds. The largest absolute Gasteiger partial charge is 0.493 e. The summed E-state index contributed by atoms with van der Waals surface area (Å²) in [6, 6.07) is 1.74. The molecule has 1 rings (SSSR count). The lowest BCUT2D eigenvalue weighted by atomic mass is 10.1. The standard InChI is InChI=1S/C15H19N3O8/c1-23-9-4-8(5-10(24-2)13(9)25-3)14(21)17-6-12(20)26-7-11(19)18-15(16)22/h4-5H,6-7H2,1-3H3,(H,17,21)(H3,16,18,19,22). The minimum Gasteiger partial charge on any atom is -0.493 e. The highest BCUT2D eigenvalue weighted by atomic mass is 16.5. The van der Waals surface area contributed by atoms with Gasteiger partial charge in [-0.05, 0) is 12.1 Å². The summed E-state index contributed by atoms with van der Waals surface area (Å²) in [5.74, 6) is -1.54. The molecule has 11 heteroatoms. The molecule has 0 saturated heterocycles. The number of ether oxygens (including phenoxy) is 4. The van der Waals surface area contributed by atoms with E-state index in [9.17, 15) is 19.2 Å². The van der Waals surface area contributed by atoms with Gasteiger partial charge in [-0.1, -0.05) is 0 Å². The Kier molecular flexibility index (Phi) is 7.67. The summed E-state index contributed by atoms with van der Waals surface area (Å²) in [6.45, 7) is -1.21. The van der Waals surface area contributed by atoms with E-state index in [1.165, 1.54) is 33.5 Å². The predicted octanol–water partition coefficient (Wildman–Crippen LogP) is -0.820. The summed E-state index contributed by atoms with van der Waals surface area (Å²) in [7, 11) is 4.21. The molecule has 0 bridgehead atoms. The number of benzene rings is 1. The Labute approximate surface area is 148 Å². The van der Waals surface area contributed by atoms with E-state index in [1.54, 1.807) is 5.32 Å². The fourth-order valence-electron chi connectivity index (χ4n) is 1.84. The number of urea groups is 1. The van der Waals surface area contributed by atoms with Crippen molar-refractivity contribution in [2.24, 2.45) is 5.73 Å². The number of methoxy groups -OCH3 is 3. The van der Waals surface area contributed by atoms with Crippen molar-refractivity contribution in [2.75, 3.05) is 34.5 Å². The average Bonchev–Trinajstić information content (AvgIpc) is 2.62. The molecular formula is C15H19N3O8. The molecule has 0 aromatic heterocycles. The molecule has 0 spiro atoms. The molecule has 1 aromatic carbocycles. The smallest absolute Gasteiger partial charge is 0.325 e. The maximum absolute atomic E-state index is 12.2. The molecule has 1 aromatic rings. The molecular weight excluding hydrogens is 350 g/mol. The molecule has 142 valence electrons. The molecule has 0 unspecified atom stereocenters. The Morgan fingerprint density at radius 1 is 1.00 bits per heavy atom. The van der Waals surface area contributed by atoms with Crippen molar-refractivity contribution in [1.29, 1.82) is 0 Å². The quantitative estimate of drug-likeness (QED) is 0.502. The molecule has 0 saturated carbocycles. The molecule has 26 heavy (non-hydrogen) atoms. The summed E-state index contributed by atoms with van der Waals surface area (Å²) in [5, 5.41) is 4.04. The molecule has 4 N–H and O–H groups in total. The third-order valence-corrected chi connectivity index (χ3v) is 2.95. The first kappa shape index (κ1) is 20.5. The van der Waals surface area contributed by atoms with Gasteiger partial charge in [0.15, 0.2) is 18.1 Å². The number of carbonyl (C=O) groups is 4. The Morgan fingerprint density at radius 3 is 2.04 bits per heavy atom. The van der Waals surface area contributed by atoms with E-state index in [-0.39, 0.29) is 17.1 Å². The summed E-state index contributed by atoms with van der Waals surface area (Å²) in [6.07, 6.45) is 0. The van der Waals surface area contributed by atoms with Gasteiger partial charge in [-0.2, -0.15) is 0 Å². The van der Waals surface area contributed by atoms with E-state index in [0.717, 1.165) is 0 Å². The van der Waals surface area contributed by atoms with Crippen molar-refractivity contribution in [3.8, 4) is 17.2 Å². The second kappa shape index (κ2) is 9.71. The van der Waals surface area contributed by atoms with Crippen LogP contribution in [0.5, 0.6) is 17.2 Å². The van der Waals surface area contributed by atoms with Crippen LogP contribution in [0.1, 0.15) is 10.4 Å². The fourth-order valence-corrected chi connectivity index (χ4v) is 1.84. The molecule has 0 aliphatic heterocycles. The van der Waals surface area contributed by atoms with Gasteiger partial charge >= 0.3 is 12.0 Å². The van der Waals surface area contributed by atoms with E-state index in [0.29, 0.717) is 5.75 Å². The van der Waals surface area contributed by atoms with Gasteiger partial charge in [0, 0.05) is 5.56 Å². The number of primary amides is 1. The summed E-state index contributed by atoms with van der Waals surface area (Å²) >= 11 is 0. The van der Waals surface area contributed by atoms with Crippen LogP contribution in [0.2, 0.25) is 0 Å². The van der Waals surface area contributed by atoms with Gasteiger partial charge in [0.2, 0.25) is 5.75 Å².